The summed E-state index contributed by atoms with van der Waals surface area (Å²) in [6.45, 7) is 5.87. The Hall–Kier alpha value is -3.52. The first kappa shape index (κ1) is 28.5. The molecule has 0 saturated carbocycles. The molecule has 0 aromatic carbocycles. The number of fused-ring (bicyclic) bond motifs is 1. The van der Waals surface area contributed by atoms with Crippen LogP contribution < -0.4 is 10.6 Å². The van der Waals surface area contributed by atoms with E-state index in [2.05, 4.69) is 44.4 Å². The molecule has 4 rings (SSSR count). The molecule has 4 heterocycles. The van der Waals surface area contributed by atoms with Crippen LogP contribution in [0.5, 0.6) is 0 Å². The van der Waals surface area contributed by atoms with E-state index < -0.39 is 12.1 Å². The van der Waals surface area contributed by atoms with Gasteiger partial charge in [0.15, 0.2) is 0 Å². The molecule has 0 aliphatic carbocycles. The molecule has 3 aromatic rings. The lowest BCUT2D eigenvalue weighted by Crippen LogP contribution is -2.55. The van der Waals surface area contributed by atoms with Crippen LogP contribution in [0.25, 0.3) is 0 Å². The van der Waals surface area contributed by atoms with Gasteiger partial charge in [-0.15, -0.1) is 22.7 Å². The van der Waals surface area contributed by atoms with Crippen molar-refractivity contribution in [3.05, 3.63) is 50.4 Å². The Morgan fingerprint density at radius 2 is 2.03 bits per heavy atom. The number of thiazole rings is 2. The van der Waals surface area contributed by atoms with Gasteiger partial charge in [-0.25, -0.2) is 19.6 Å². The molecule has 1 unspecified atom stereocenters. The topological polar surface area (TPSA) is 145 Å². The number of carbonyl (C=O) groups excluding carboxylic acids is 3. The molecule has 0 fully saturated rings. The minimum Gasteiger partial charge on any atom is -0.444 e. The Morgan fingerprint density at radius 1 is 1.23 bits per heavy atom. The normalized spacial score (nSPS) is 14.7. The first-order chi connectivity index (χ1) is 18.8. The fourth-order valence-corrected chi connectivity index (χ4v) is 5.46. The van der Waals surface area contributed by atoms with Gasteiger partial charge < -0.3 is 30.2 Å². The molecule has 3 aromatic heterocycles. The molecule has 0 spiro atoms. The smallest absolute Gasteiger partial charge is 0.407 e. The van der Waals surface area contributed by atoms with E-state index in [1.54, 1.807) is 46.2 Å². The molecule has 0 saturated heterocycles. The van der Waals surface area contributed by atoms with E-state index in [1.165, 1.54) is 11.3 Å². The summed E-state index contributed by atoms with van der Waals surface area (Å²) in [4.78, 5) is 58.5. The second-order valence-corrected chi connectivity index (χ2v) is 11.5. The Bertz CT molecular complexity index is 1240. The number of amides is 4. The van der Waals surface area contributed by atoms with Gasteiger partial charge in [0.1, 0.15) is 12.6 Å². The van der Waals surface area contributed by atoms with Crippen molar-refractivity contribution in [3.8, 4) is 0 Å². The minimum absolute atomic E-state index is 0.193. The van der Waals surface area contributed by atoms with Gasteiger partial charge in [-0.2, -0.15) is 0 Å². The first-order valence-electron chi connectivity index (χ1n) is 12.8. The minimum atomic E-state index is -0.669. The van der Waals surface area contributed by atoms with E-state index in [0.29, 0.717) is 44.8 Å². The number of imidazole rings is 1. The van der Waals surface area contributed by atoms with Crippen LogP contribution in [0.15, 0.2) is 23.4 Å². The summed E-state index contributed by atoms with van der Waals surface area (Å²) in [7, 11) is 1.73. The highest BCUT2D eigenvalue weighted by molar-refractivity contribution is 7.09. The van der Waals surface area contributed by atoms with Crippen LogP contribution in [0.2, 0.25) is 0 Å². The van der Waals surface area contributed by atoms with Crippen LogP contribution in [0, 0.1) is 0 Å². The number of H-pyrrole nitrogens is 1. The zero-order valence-electron chi connectivity index (χ0n) is 22.3. The maximum absolute atomic E-state index is 13.5. The number of hydrogen-bond donors (Lipinski definition) is 3. The molecule has 0 bridgehead atoms. The number of alkyl carbamates (subject to hydrolysis) is 1. The van der Waals surface area contributed by atoms with Gasteiger partial charge in [-0.1, -0.05) is 13.8 Å². The number of aromatic amines is 1. The molecular formula is C25H34N8O4S2. The van der Waals surface area contributed by atoms with Gasteiger partial charge in [0.25, 0.3) is 0 Å². The third kappa shape index (κ3) is 7.76. The number of rotatable bonds is 11. The highest BCUT2D eigenvalue weighted by Crippen LogP contribution is 2.24. The summed E-state index contributed by atoms with van der Waals surface area (Å²) < 4.78 is 5.13. The quantitative estimate of drug-likeness (QED) is 0.298. The van der Waals surface area contributed by atoms with Crippen molar-refractivity contribution in [1.29, 1.82) is 0 Å². The van der Waals surface area contributed by atoms with Gasteiger partial charge in [-0.05, 0) is 12.8 Å². The van der Waals surface area contributed by atoms with Crippen LogP contribution in [-0.4, -0.2) is 73.9 Å². The largest absolute Gasteiger partial charge is 0.444 e. The number of hydrogen-bond acceptors (Lipinski definition) is 9. The SMILES string of the molecule is CC(C)c1nc(CN(C)C(=O)N2Cc3[nH]cnc3CC2C(=O)NCCCCNC(=O)OCc2cncs2)cs1. The molecule has 210 valence electrons. The van der Waals surface area contributed by atoms with E-state index in [0.717, 1.165) is 27.0 Å². The lowest BCUT2D eigenvalue weighted by molar-refractivity contribution is -0.126. The van der Waals surface area contributed by atoms with Crippen molar-refractivity contribution in [2.75, 3.05) is 20.1 Å². The van der Waals surface area contributed by atoms with Crippen molar-refractivity contribution >= 4 is 40.7 Å². The van der Waals surface area contributed by atoms with Crippen LogP contribution in [-0.2, 0) is 35.6 Å². The Balaban J connectivity index is 1.24. The van der Waals surface area contributed by atoms with E-state index in [1.807, 2.05) is 5.38 Å². The van der Waals surface area contributed by atoms with Crippen molar-refractivity contribution < 1.29 is 19.1 Å². The van der Waals surface area contributed by atoms with Crippen molar-refractivity contribution in [2.24, 2.45) is 0 Å². The molecule has 12 nitrogen and oxygen atoms in total. The maximum atomic E-state index is 13.5. The van der Waals surface area contributed by atoms with Crippen molar-refractivity contribution in [1.82, 2.24) is 40.4 Å². The van der Waals surface area contributed by atoms with E-state index >= 15 is 0 Å². The summed E-state index contributed by atoms with van der Waals surface area (Å²) in [6, 6.07) is -0.909. The van der Waals surface area contributed by atoms with Crippen LogP contribution in [0.1, 0.15) is 59.6 Å². The predicted molar refractivity (Wildman–Crippen MR) is 147 cm³/mol. The molecule has 14 heteroatoms. The molecule has 1 atom stereocenters. The van der Waals surface area contributed by atoms with E-state index in [-0.39, 0.29) is 25.1 Å². The second kappa shape index (κ2) is 13.5. The van der Waals surface area contributed by atoms with E-state index in [9.17, 15) is 14.4 Å². The highest BCUT2D eigenvalue weighted by atomic mass is 32.1. The average molecular weight is 575 g/mol. The van der Waals surface area contributed by atoms with Gasteiger partial charge in [0.05, 0.1) is 51.9 Å². The number of nitrogens with zero attached hydrogens (tertiary/aromatic N) is 5. The summed E-state index contributed by atoms with van der Waals surface area (Å²) in [6.07, 6.45) is 4.44. The lowest BCUT2D eigenvalue weighted by Gasteiger charge is -2.36. The van der Waals surface area contributed by atoms with Gasteiger partial charge >= 0.3 is 12.1 Å². The van der Waals surface area contributed by atoms with Crippen LogP contribution in [0.3, 0.4) is 0 Å². The third-order valence-electron chi connectivity index (χ3n) is 6.24. The average Bonchev–Trinajstić information content (AvgIpc) is 3.70. The summed E-state index contributed by atoms with van der Waals surface area (Å²) in [5.74, 6) is 0.107. The fourth-order valence-electron chi connectivity index (χ4n) is 4.13. The predicted octanol–water partition coefficient (Wildman–Crippen LogP) is 3.25. The number of unbranched alkanes of at least 4 members (excludes halogenated alkanes) is 1. The van der Waals surface area contributed by atoms with Crippen molar-refractivity contribution in [2.45, 2.75) is 64.8 Å². The fraction of sp³-hybridized carbons (Fsp3) is 0.520. The maximum Gasteiger partial charge on any atom is 0.407 e. The Morgan fingerprint density at radius 3 is 2.74 bits per heavy atom. The van der Waals surface area contributed by atoms with Crippen LogP contribution in [0.4, 0.5) is 9.59 Å². The molecule has 1 aliphatic heterocycles. The number of aromatic nitrogens is 4. The third-order valence-corrected chi connectivity index (χ3v) is 8.18. The first-order valence-corrected chi connectivity index (χ1v) is 14.6. The summed E-state index contributed by atoms with van der Waals surface area (Å²) in [5, 5.41) is 8.66. The molecule has 0 radical (unpaired) electrons. The molecular weight excluding hydrogens is 540 g/mol. The second-order valence-electron chi connectivity index (χ2n) is 9.61. The van der Waals surface area contributed by atoms with Gasteiger partial charge in [0.2, 0.25) is 5.91 Å². The van der Waals surface area contributed by atoms with E-state index in [4.69, 9.17) is 4.74 Å². The Kier molecular flexibility index (Phi) is 9.87. The summed E-state index contributed by atoms with van der Waals surface area (Å²) >= 11 is 3.01. The molecule has 1 aliphatic rings. The summed E-state index contributed by atoms with van der Waals surface area (Å²) in [5.41, 5.74) is 4.15. The number of carbonyl (C=O) groups is 3. The zero-order chi connectivity index (χ0) is 27.8. The lowest BCUT2D eigenvalue weighted by atomic mass is 10.0. The van der Waals surface area contributed by atoms with Gasteiger partial charge in [0, 0.05) is 44.1 Å². The molecule has 39 heavy (non-hydrogen) atoms. The van der Waals surface area contributed by atoms with Crippen LogP contribution >= 0.6 is 22.7 Å². The number of ether oxygens (including phenoxy) is 1. The highest BCUT2D eigenvalue weighted by Gasteiger charge is 2.37. The monoisotopic (exact) mass is 574 g/mol. The standard InChI is InChI=1S/C25H34N8O4S2/c1-16(2)23-31-17(13-38-23)10-32(3)25(36)33-11-20-19(29-14-30-20)8-21(33)22(34)27-6-4-5-7-28-24(35)37-12-18-9-26-15-39-18/h9,13-16,21H,4-8,10-12H2,1-3H3,(H,27,34)(H,28,35)(H,29,30). The van der Waals surface area contributed by atoms with Crippen molar-refractivity contribution in [3.63, 3.8) is 0 Å². The zero-order valence-corrected chi connectivity index (χ0v) is 23.9. The Labute approximate surface area is 235 Å². The van der Waals surface area contributed by atoms with Gasteiger partial charge in [-0.3, -0.25) is 9.78 Å². The number of urea groups is 1. The molecule has 4 amide bonds. The number of nitrogens with one attached hydrogen (secondary N) is 3. The molecule has 3 N–H and O–H groups in total.